The van der Waals surface area contributed by atoms with Crippen LogP contribution in [0.3, 0.4) is 0 Å². The van der Waals surface area contributed by atoms with E-state index in [4.69, 9.17) is 0 Å². The van der Waals surface area contributed by atoms with Crippen molar-refractivity contribution in [3.8, 4) is 0 Å². The molecule has 0 aromatic heterocycles. The Bertz CT molecular complexity index is 731. The normalized spacial score (nSPS) is 11.2. The van der Waals surface area contributed by atoms with Gasteiger partial charge >= 0.3 is 0 Å². The summed E-state index contributed by atoms with van der Waals surface area (Å²) in [4.78, 5) is 1.73. The quantitative estimate of drug-likeness (QED) is 0.890. The molecule has 0 aliphatic carbocycles. The molecule has 0 amide bonds. The summed E-state index contributed by atoms with van der Waals surface area (Å²) in [5.74, 6) is -0.535. The second-order valence-electron chi connectivity index (χ2n) is 5.21. The van der Waals surface area contributed by atoms with Gasteiger partial charge in [-0.3, -0.25) is 4.72 Å². The molecule has 0 bridgehead atoms. The van der Waals surface area contributed by atoms with E-state index in [1.54, 1.807) is 25.1 Å². The van der Waals surface area contributed by atoms with Gasteiger partial charge < -0.3 is 4.90 Å². The number of aryl methyl sites for hydroxylation is 1. The van der Waals surface area contributed by atoms with Crippen LogP contribution in [0.5, 0.6) is 0 Å². The van der Waals surface area contributed by atoms with E-state index in [1.807, 2.05) is 30.3 Å². The summed E-state index contributed by atoms with van der Waals surface area (Å²) in [6, 6.07) is 13.4. The predicted octanol–water partition coefficient (Wildman–Crippen LogP) is 2.88. The molecule has 0 unspecified atom stereocenters. The Balaban J connectivity index is 2.13. The first-order valence-corrected chi connectivity index (χ1v) is 8.54. The molecular formula is C16H19FN2O2S. The van der Waals surface area contributed by atoms with Crippen LogP contribution in [-0.2, 0) is 16.4 Å². The highest BCUT2D eigenvalue weighted by molar-refractivity contribution is 7.92. The van der Waals surface area contributed by atoms with E-state index in [9.17, 15) is 12.8 Å². The molecular weight excluding hydrogens is 303 g/mol. The summed E-state index contributed by atoms with van der Waals surface area (Å²) in [7, 11) is -0.00329. The van der Waals surface area contributed by atoms with Crippen molar-refractivity contribution < 1.29 is 12.8 Å². The van der Waals surface area contributed by atoms with Crippen molar-refractivity contribution in [2.75, 3.05) is 29.5 Å². The van der Waals surface area contributed by atoms with Gasteiger partial charge in [-0.25, -0.2) is 12.8 Å². The summed E-state index contributed by atoms with van der Waals surface area (Å²) in [5.41, 5.74) is 1.81. The summed E-state index contributed by atoms with van der Waals surface area (Å²) in [6.45, 7) is 0. The molecule has 1 N–H and O–H groups in total. The van der Waals surface area contributed by atoms with Gasteiger partial charge in [-0.2, -0.15) is 0 Å². The van der Waals surface area contributed by atoms with E-state index in [1.165, 1.54) is 12.1 Å². The van der Waals surface area contributed by atoms with Crippen molar-refractivity contribution >= 4 is 21.4 Å². The zero-order valence-corrected chi connectivity index (χ0v) is 13.4. The first kappa shape index (κ1) is 16.3. The minimum atomic E-state index is -3.55. The fourth-order valence-electron chi connectivity index (χ4n) is 2.10. The van der Waals surface area contributed by atoms with Crippen LogP contribution < -0.4 is 9.62 Å². The number of rotatable bonds is 6. The SMILES string of the molecule is CN(C)c1ccc(F)cc1NS(=O)(=O)CCc1ccccc1. The maximum absolute atomic E-state index is 13.4. The molecule has 0 fully saturated rings. The molecule has 2 rings (SSSR count). The lowest BCUT2D eigenvalue weighted by molar-refractivity contribution is 0.600. The Kier molecular flexibility index (Phi) is 5.03. The second kappa shape index (κ2) is 6.79. The van der Waals surface area contributed by atoms with Crippen molar-refractivity contribution in [2.45, 2.75) is 6.42 Å². The molecule has 6 heteroatoms. The Morgan fingerprint density at radius 1 is 1.09 bits per heavy atom. The molecule has 2 aromatic rings. The third kappa shape index (κ3) is 4.46. The number of anilines is 2. The van der Waals surface area contributed by atoms with Crippen LogP contribution >= 0.6 is 0 Å². The Hall–Kier alpha value is -2.08. The zero-order chi connectivity index (χ0) is 16.2. The highest BCUT2D eigenvalue weighted by Crippen LogP contribution is 2.26. The number of benzene rings is 2. The zero-order valence-electron chi connectivity index (χ0n) is 12.6. The molecule has 0 radical (unpaired) electrons. The van der Waals surface area contributed by atoms with Crippen LogP contribution in [-0.4, -0.2) is 28.3 Å². The number of hydrogen-bond acceptors (Lipinski definition) is 3. The van der Waals surface area contributed by atoms with Crippen molar-refractivity contribution in [1.82, 2.24) is 0 Å². The minimum absolute atomic E-state index is 0.0552. The molecule has 0 aliphatic heterocycles. The fraction of sp³-hybridized carbons (Fsp3) is 0.250. The monoisotopic (exact) mass is 322 g/mol. The molecule has 0 saturated heterocycles. The average Bonchev–Trinajstić information content (AvgIpc) is 2.46. The van der Waals surface area contributed by atoms with Crippen LogP contribution in [0, 0.1) is 5.82 Å². The maximum atomic E-state index is 13.4. The van der Waals surface area contributed by atoms with Gasteiger partial charge in [0.15, 0.2) is 0 Å². The van der Waals surface area contributed by atoms with E-state index in [0.717, 1.165) is 5.56 Å². The number of hydrogen-bond donors (Lipinski definition) is 1. The molecule has 0 heterocycles. The van der Waals surface area contributed by atoms with Gasteiger partial charge in [-0.05, 0) is 24.1 Å². The van der Waals surface area contributed by atoms with Gasteiger partial charge in [-0.15, -0.1) is 0 Å². The van der Waals surface area contributed by atoms with E-state index >= 15 is 0 Å². The smallest absolute Gasteiger partial charge is 0.233 e. The molecule has 22 heavy (non-hydrogen) atoms. The molecule has 0 aliphatic rings. The summed E-state index contributed by atoms with van der Waals surface area (Å²) in [5, 5.41) is 0. The van der Waals surface area contributed by atoms with Crippen LogP contribution in [0.25, 0.3) is 0 Å². The van der Waals surface area contributed by atoms with Crippen LogP contribution in [0.2, 0.25) is 0 Å². The second-order valence-corrected chi connectivity index (χ2v) is 7.05. The van der Waals surface area contributed by atoms with Gasteiger partial charge in [0.2, 0.25) is 10.0 Å². The van der Waals surface area contributed by atoms with Gasteiger partial charge in [0.05, 0.1) is 17.1 Å². The Labute approximate surface area is 130 Å². The first-order chi connectivity index (χ1) is 10.4. The average molecular weight is 322 g/mol. The number of sulfonamides is 1. The predicted molar refractivity (Wildman–Crippen MR) is 88.3 cm³/mol. The van der Waals surface area contributed by atoms with Crippen molar-refractivity contribution in [3.63, 3.8) is 0 Å². The first-order valence-electron chi connectivity index (χ1n) is 6.89. The molecule has 0 spiro atoms. The number of nitrogens with zero attached hydrogens (tertiary/aromatic N) is 1. The molecule has 4 nitrogen and oxygen atoms in total. The van der Waals surface area contributed by atoms with Crippen molar-refractivity contribution in [1.29, 1.82) is 0 Å². The van der Waals surface area contributed by atoms with Gasteiger partial charge in [-0.1, -0.05) is 30.3 Å². The standard InChI is InChI=1S/C16H19FN2O2S/c1-19(2)16-9-8-14(17)12-15(16)18-22(20,21)11-10-13-6-4-3-5-7-13/h3-9,12,18H,10-11H2,1-2H3. The molecule has 0 atom stereocenters. The molecule has 2 aromatic carbocycles. The van der Waals surface area contributed by atoms with E-state index < -0.39 is 15.8 Å². The lowest BCUT2D eigenvalue weighted by Gasteiger charge is -2.18. The minimum Gasteiger partial charge on any atom is -0.376 e. The lowest BCUT2D eigenvalue weighted by Crippen LogP contribution is -2.20. The maximum Gasteiger partial charge on any atom is 0.233 e. The summed E-state index contributed by atoms with van der Waals surface area (Å²) in [6.07, 6.45) is 0.406. The fourth-order valence-corrected chi connectivity index (χ4v) is 3.20. The third-order valence-electron chi connectivity index (χ3n) is 3.21. The number of halogens is 1. The Morgan fingerprint density at radius 3 is 2.41 bits per heavy atom. The van der Waals surface area contributed by atoms with Crippen LogP contribution in [0.1, 0.15) is 5.56 Å². The van der Waals surface area contributed by atoms with Gasteiger partial charge in [0.1, 0.15) is 5.82 Å². The van der Waals surface area contributed by atoms with Gasteiger partial charge in [0.25, 0.3) is 0 Å². The lowest BCUT2D eigenvalue weighted by atomic mass is 10.2. The summed E-state index contributed by atoms with van der Waals surface area (Å²) >= 11 is 0. The largest absolute Gasteiger partial charge is 0.376 e. The topological polar surface area (TPSA) is 49.4 Å². The van der Waals surface area contributed by atoms with Crippen molar-refractivity contribution in [2.24, 2.45) is 0 Å². The molecule has 0 saturated carbocycles. The third-order valence-corrected chi connectivity index (χ3v) is 4.48. The highest BCUT2D eigenvalue weighted by atomic mass is 32.2. The Morgan fingerprint density at radius 2 is 1.77 bits per heavy atom. The van der Waals surface area contributed by atoms with E-state index in [0.29, 0.717) is 12.1 Å². The summed E-state index contributed by atoms with van der Waals surface area (Å²) < 4.78 is 40.3. The van der Waals surface area contributed by atoms with E-state index in [-0.39, 0.29) is 11.4 Å². The van der Waals surface area contributed by atoms with E-state index in [2.05, 4.69) is 4.72 Å². The van der Waals surface area contributed by atoms with Crippen molar-refractivity contribution in [3.05, 3.63) is 59.9 Å². The van der Waals surface area contributed by atoms with Gasteiger partial charge in [0, 0.05) is 20.2 Å². The highest BCUT2D eigenvalue weighted by Gasteiger charge is 2.15. The number of nitrogens with one attached hydrogen (secondary N) is 1. The molecule has 118 valence electrons. The van der Waals surface area contributed by atoms with Crippen LogP contribution in [0.4, 0.5) is 15.8 Å². The van der Waals surface area contributed by atoms with Crippen LogP contribution in [0.15, 0.2) is 48.5 Å².